The fourth-order valence-corrected chi connectivity index (χ4v) is 4.14. The zero-order chi connectivity index (χ0) is 19.7. The number of halogens is 2. The van der Waals surface area contributed by atoms with Gasteiger partial charge in [-0.25, -0.2) is 9.98 Å². The Hall–Kier alpha value is -2.54. The Morgan fingerprint density at radius 2 is 1.89 bits per heavy atom. The molecule has 1 saturated heterocycles. The van der Waals surface area contributed by atoms with Crippen LogP contribution in [-0.2, 0) is 4.79 Å². The normalized spacial score (nSPS) is 17.1. The maximum Gasteiger partial charge on any atom is 0.266 e. The predicted molar refractivity (Wildman–Crippen MR) is 114 cm³/mol. The van der Waals surface area contributed by atoms with Crippen molar-refractivity contribution in [3.05, 3.63) is 75.4 Å². The maximum atomic E-state index is 12.5. The van der Waals surface area contributed by atoms with Crippen molar-refractivity contribution in [3.63, 3.8) is 0 Å². The second-order valence-electron chi connectivity index (χ2n) is 5.86. The lowest BCUT2D eigenvalue weighted by molar-refractivity contribution is -0.121. The average Bonchev–Trinajstić information content (AvgIpc) is 3.23. The second-order valence-corrected chi connectivity index (χ2v) is 7.68. The van der Waals surface area contributed by atoms with E-state index in [0.717, 1.165) is 0 Å². The average molecular weight is 430 g/mol. The Labute approximate surface area is 175 Å². The number of amidine groups is 1. The third kappa shape index (κ3) is 3.71. The van der Waals surface area contributed by atoms with E-state index in [-0.39, 0.29) is 5.91 Å². The lowest BCUT2D eigenvalue weighted by atomic mass is 10.2. The molecule has 28 heavy (non-hydrogen) atoms. The Morgan fingerprint density at radius 1 is 1.11 bits per heavy atom. The van der Waals surface area contributed by atoms with Gasteiger partial charge in [0.05, 0.1) is 20.5 Å². The van der Waals surface area contributed by atoms with Crippen LogP contribution >= 0.6 is 35.0 Å². The Kier molecular flexibility index (Phi) is 5.26. The molecule has 0 atom stereocenters. The van der Waals surface area contributed by atoms with Crippen LogP contribution in [0.25, 0.3) is 17.4 Å². The highest BCUT2D eigenvalue weighted by Crippen LogP contribution is 2.37. The largest absolute Gasteiger partial charge is 0.457 e. The second kappa shape index (κ2) is 7.83. The van der Waals surface area contributed by atoms with E-state index in [4.69, 9.17) is 27.6 Å². The van der Waals surface area contributed by atoms with Gasteiger partial charge in [-0.05, 0) is 48.2 Å². The quantitative estimate of drug-likeness (QED) is 0.487. The van der Waals surface area contributed by atoms with E-state index in [1.165, 1.54) is 16.7 Å². The molecule has 4 rings (SSSR count). The van der Waals surface area contributed by atoms with Crippen LogP contribution in [0.3, 0.4) is 0 Å². The topological polar surface area (TPSA) is 58.7 Å². The van der Waals surface area contributed by atoms with Crippen LogP contribution in [0.2, 0.25) is 10.0 Å². The zero-order valence-electron chi connectivity index (χ0n) is 14.6. The number of hydrogen-bond acceptors (Lipinski definition) is 5. The monoisotopic (exact) mass is 429 g/mol. The third-order valence-corrected chi connectivity index (χ3v) is 5.66. The molecule has 0 bridgehead atoms. The van der Waals surface area contributed by atoms with Gasteiger partial charge < -0.3 is 4.42 Å². The van der Waals surface area contributed by atoms with Crippen molar-refractivity contribution in [2.24, 2.45) is 4.99 Å². The fraction of sp³-hybridized carbons (Fsp3) is 0.0500. The highest BCUT2D eigenvalue weighted by atomic mass is 35.5. The SMILES string of the molecule is CN1C(=O)/C(=C\c2ccc(-c3c(Cl)cccc3Cl)o2)S/C1=N/c1ccccn1. The molecule has 3 heterocycles. The van der Waals surface area contributed by atoms with Crippen molar-refractivity contribution in [3.8, 4) is 11.3 Å². The molecule has 1 amide bonds. The zero-order valence-corrected chi connectivity index (χ0v) is 16.9. The van der Waals surface area contributed by atoms with Crippen molar-refractivity contribution in [1.29, 1.82) is 0 Å². The number of hydrogen-bond donors (Lipinski definition) is 0. The molecule has 1 aliphatic heterocycles. The van der Waals surface area contributed by atoms with Crippen molar-refractivity contribution in [1.82, 2.24) is 9.88 Å². The minimum atomic E-state index is -0.159. The number of thioether (sulfide) groups is 1. The van der Waals surface area contributed by atoms with Crippen LogP contribution in [0.5, 0.6) is 0 Å². The first-order chi connectivity index (χ1) is 13.5. The number of pyridine rings is 1. The summed E-state index contributed by atoms with van der Waals surface area (Å²) < 4.78 is 5.85. The van der Waals surface area contributed by atoms with Gasteiger partial charge in [-0.1, -0.05) is 35.3 Å². The number of amides is 1. The molecule has 1 aromatic carbocycles. The molecular weight excluding hydrogens is 417 g/mol. The van der Waals surface area contributed by atoms with E-state index in [9.17, 15) is 4.79 Å². The number of rotatable bonds is 3. The molecule has 3 aromatic rings. The van der Waals surface area contributed by atoms with Crippen LogP contribution in [0, 0.1) is 0 Å². The van der Waals surface area contributed by atoms with Crippen molar-refractivity contribution >= 4 is 57.9 Å². The van der Waals surface area contributed by atoms with E-state index in [1.54, 1.807) is 55.7 Å². The molecule has 0 radical (unpaired) electrons. The van der Waals surface area contributed by atoms with Gasteiger partial charge in [-0.2, -0.15) is 0 Å². The Balaban J connectivity index is 1.63. The van der Waals surface area contributed by atoms with Gasteiger partial charge in [-0.15, -0.1) is 0 Å². The highest BCUT2D eigenvalue weighted by molar-refractivity contribution is 8.18. The summed E-state index contributed by atoms with van der Waals surface area (Å²) in [4.78, 5) is 23.1. The van der Waals surface area contributed by atoms with Gasteiger partial charge in [0, 0.05) is 19.3 Å². The smallest absolute Gasteiger partial charge is 0.266 e. The molecule has 1 fully saturated rings. The van der Waals surface area contributed by atoms with Gasteiger partial charge in [0.1, 0.15) is 11.5 Å². The van der Waals surface area contributed by atoms with Crippen molar-refractivity contribution < 1.29 is 9.21 Å². The van der Waals surface area contributed by atoms with Gasteiger partial charge in [-0.3, -0.25) is 9.69 Å². The van der Waals surface area contributed by atoms with Crippen LogP contribution in [0.4, 0.5) is 5.82 Å². The number of furan rings is 1. The number of carbonyl (C=O) groups excluding carboxylic acids is 1. The Bertz CT molecular complexity index is 1090. The van der Waals surface area contributed by atoms with Gasteiger partial charge in [0.15, 0.2) is 11.0 Å². The van der Waals surface area contributed by atoms with Crippen LogP contribution in [0.15, 0.2) is 69.0 Å². The lowest BCUT2D eigenvalue weighted by Crippen LogP contribution is -2.23. The van der Waals surface area contributed by atoms with Crippen molar-refractivity contribution in [2.75, 3.05) is 7.05 Å². The molecule has 8 heteroatoms. The summed E-state index contributed by atoms with van der Waals surface area (Å²) in [6, 6.07) is 14.2. The molecule has 0 aliphatic carbocycles. The molecule has 2 aromatic heterocycles. The Morgan fingerprint density at radius 3 is 2.61 bits per heavy atom. The summed E-state index contributed by atoms with van der Waals surface area (Å²) in [5.74, 6) is 1.44. The lowest BCUT2D eigenvalue weighted by Gasteiger charge is -2.06. The number of benzene rings is 1. The molecule has 0 saturated carbocycles. The molecule has 0 spiro atoms. The van der Waals surface area contributed by atoms with Crippen LogP contribution in [-0.4, -0.2) is 28.0 Å². The predicted octanol–water partition coefficient (Wildman–Crippen LogP) is 5.88. The minimum Gasteiger partial charge on any atom is -0.457 e. The van der Waals surface area contributed by atoms with E-state index >= 15 is 0 Å². The third-order valence-electron chi connectivity index (χ3n) is 3.97. The number of nitrogens with zero attached hydrogens (tertiary/aromatic N) is 3. The summed E-state index contributed by atoms with van der Waals surface area (Å²) in [6.07, 6.45) is 3.33. The van der Waals surface area contributed by atoms with Gasteiger partial charge in [0.2, 0.25) is 0 Å². The standard InChI is InChI=1S/C20H13Cl2N3O2S/c1-25-19(26)16(28-20(25)24-17-7-2-3-10-23-17)11-12-8-9-15(27-12)18-13(21)5-4-6-14(18)22/h2-11H,1H3/b16-11+,24-20+. The van der Waals surface area contributed by atoms with E-state index < -0.39 is 0 Å². The summed E-state index contributed by atoms with van der Waals surface area (Å²) in [7, 11) is 1.68. The molecular formula is C20H13Cl2N3O2S. The first kappa shape index (κ1) is 18.8. The molecule has 140 valence electrons. The van der Waals surface area contributed by atoms with Gasteiger partial charge in [0.25, 0.3) is 5.91 Å². The highest BCUT2D eigenvalue weighted by Gasteiger charge is 2.30. The summed E-state index contributed by atoms with van der Waals surface area (Å²) >= 11 is 13.7. The number of likely N-dealkylation sites (N-methyl/N-ethyl adjacent to an activating group) is 1. The van der Waals surface area contributed by atoms with E-state index in [2.05, 4.69) is 9.98 Å². The molecule has 5 nitrogen and oxygen atoms in total. The molecule has 0 N–H and O–H groups in total. The fourth-order valence-electron chi connectivity index (χ4n) is 2.60. The van der Waals surface area contributed by atoms with Crippen LogP contribution < -0.4 is 0 Å². The summed E-state index contributed by atoms with van der Waals surface area (Å²) in [5.41, 5.74) is 0.621. The molecule has 1 aliphatic rings. The minimum absolute atomic E-state index is 0.159. The van der Waals surface area contributed by atoms with Crippen molar-refractivity contribution in [2.45, 2.75) is 0 Å². The summed E-state index contributed by atoms with van der Waals surface area (Å²) in [5, 5.41) is 1.55. The van der Waals surface area contributed by atoms with E-state index in [1.807, 2.05) is 12.1 Å². The van der Waals surface area contributed by atoms with Gasteiger partial charge >= 0.3 is 0 Å². The molecule has 0 unspecified atom stereocenters. The van der Waals surface area contributed by atoms with E-state index in [0.29, 0.717) is 43.0 Å². The maximum absolute atomic E-state index is 12.5. The van der Waals surface area contributed by atoms with Crippen LogP contribution in [0.1, 0.15) is 5.76 Å². The number of carbonyl (C=O) groups is 1. The summed E-state index contributed by atoms with van der Waals surface area (Å²) in [6.45, 7) is 0. The number of aromatic nitrogens is 1. The first-order valence-corrected chi connectivity index (χ1v) is 9.82. The first-order valence-electron chi connectivity index (χ1n) is 8.24. The number of aliphatic imine (C=N–C) groups is 1.